The molecule has 0 atom stereocenters. The molecule has 0 radical (unpaired) electrons. The Balaban J connectivity index is 2.40. The Morgan fingerprint density at radius 2 is 1.95 bits per heavy atom. The normalized spacial score (nSPS) is 18.8. The maximum atomic E-state index is 12.9. The van der Waals surface area contributed by atoms with Gasteiger partial charge in [0.15, 0.2) is 5.78 Å². The number of anilines is 1. The second-order valence-corrected chi connectivity index (χ2v) is 5.62. The summed E-state index contributed by atoms with van der Waals surface area (Å²) >= 11 is 0. The van der Waals surface area contributed by atoms with Crippen LogP contribution in [0.4, 0.5) is 5.82 Å². The van der Waals surface area contributed by atoms with Crippen LogP contribution in [-0.2, 0) is 0 Å². The standard InChI is InChI=1S/C15H23N3O/c1-11-6-9-18-14(17)12(11)13(19)15(10-16)7-4-2-3-5-8-15/h6,9H,2-5,7-8,10,16H2,1H3,(H2,17,18). The van der Waals surface area contributed by atoms with Crippen LogP contribution in [0.1, 0.15) is 54.4 Å². The SMILES string of the molecule is Cc1ccnc(N)c1C(=O)C1(CN)CCCCCC1. The number of aromatic nitrogens is 1. The number of carbonyl (C=O) groups excluding carboxylic acids is 1. The van der Waals surface area contributed by atoms with Crippen molar-refractivity contribution in [3.8, 4) is 0 Å². The van der Waals surface area contributed by atoms with Gasteiger partial charge in [-0.15, -0.1) is 0 Å². The molecule has 4 nitrogen and oxygen atoms in total. The number of Topliss-reactive ketones (excluding diaryl/α,β-unsaturated/α-hetero) is 1. The first-order valence-corrected chi connectivity index (χ1v) is 7.07. The van der Waals surface area contributed by atoms with Crippen molar-refractivity contribution in [1.29, 1.82) is 0 Å². The highest BCUT2D eigenvalue weighted by molar-refractivity contribution is 6.05. The molecule has 1 aromatic rings. The maximum Gasteiger partial charge on any atom is 0.174 e. The number of aryl methyl sites for hydroxylation is 1. The first kappa shape index (κ1) is 14.0. The van der Waals surface area contributed by atoms with Gasteiger partial charge >= 0.3 is 0 Å². The van der Waals surface area contributed by atoms with Gasteiger partial charge in [-0.3, -0.25) is 4.79 Å². The molecule has 0 spiro atoms. The van der Waals surface area contributed by atoms with Crippen LogP contribution in [0.25, 0.3) is 0 Å². The van der Waals surface area contributed by atoms with Gasteiger partial charge in [0.2, 0.25) is 0 Å². The Hall–Kier alpha value is -1.42. The fraction of sp³-hybridized carbons (Fsp3) is 0.600. The molecule has 1 saturated carbocycles. The highest BCUT2D eigenvalue weighted by atomic mass is 16.1. The van der Waals surface area contributed by atoms with Crippen LogP contribution >= 0.6 is 0 Å². The van der Waals surface area contributed by atoms with Gasteiger partial charge in [-0.2, -0.15) is 0 Å². The minimum atomic E-state index is -0.432. The largest absolute Gasteiger partial charge is 0.383 e. The van der Waals surface area contributed by atoms with E-state index in [2.05, 4.69) is 4.98 Å². The molecule has 2 rings (SSSR count). The van der Waals surface area contributed by atoms with Gasteiger partial charge in [-0.25, -0.2) is 4.98 Å². The molecule has 1 fully saturated rings. The highest BCUT2D eigenvalue weighted by Crippen LogP contribution is 2.38. The lowest BCUT2D eigenvalue weighted by Gasteiger charge is -2.30. The van der Waals surface area contributed by atoms with Crippen LogP contribution in [0.15, 0.2) is 12.3 Å². The van der Waals surface area contributed by atoms with Crippen LogP contribution in [0, 0.1) is 12.3 Å². The van der Waals surface area contributed by atoms with E-state index >= 15 is 0 Å². The molecule has 104 valence electrons. The fourth-order valence-electron chi connectivity index (χ4n) is 3.07. The van der Waals surface area contributed by atoms with Crippen LogP contribution in [0.5, 0.6) is 0 Å². The number of ketones is 1. The summed E-state index contributed by atoms with van der Waals surface area (Å²) in [6.45, 7) is 2.31. The van der Waals surface area contributed by atoms with Crippen LogP contribution in [0.2, 0.25) is 0 Å². The number of nitrogens with two attached hydrogens (primary N) is 2. The van der Waals surface area contributed by atoms with Crippen molar-refractivity contribution in [2.45, 2.75) is 45.4 Å². The molecule has 0 aliphatic heterocycles. The van der Waals surface area contributed by atoms with E-state index in [-0.39, 0.29) is 5.78 Å². The smallest absolute Gasteiger partial charge is 0.174 e. The molecule has 4 N–H and O–H groups in total. The zero-order chi connectivity index (χ0) is 13.9. The minimum Gasteiger partial charge on any atom is -0.383 e. The number of carbonyl (C=O) groups is 1. The summed E-state index contributed by atoms with van der Waals surface area (Å²) in [5.41, 5.74) is 12.9. The van der Waals surface area contributed by atoms with Crippen molar-refractivity contribution in [3.05, 3.63) is 23.4 Å². The Morgan fingerprint density at radius 1 is 1.32 bits per heavy atom. The summed E-state index contributed by atoms with van der Waals surface area (Å²) in [5, 5.41) is 0. The van der Waals surface area contributed by atoms with Crippen molar-refractivity contribution in [2.75, 3.05) is 12.3 Å². The number of hydrogen-bond acceptors (Lipinski definition) is 4. The maximum absolute atomic E-state index is 12.9. The van der Waals surface area contributed by atoms with Gasteiger partial charge in [0.25, 0.3) is 0 Å². The topological polar surface area (TPSA) is 82.0 Å². The highest BCUT2D eigenvalue weighted by Gasteiger charge is 2.39. The summed E-state index contributed by atoms with van der Waals surface area (Å²) in [6.07, 6.45) is 7.91. The predicted molar refractivity (Wildman–Crippen MR) is 76.9 cm³/mol. The number of rotatable bonds is 3. The molecule has 1 heterocycles. The van der Waals surface area contributed by atoms with Crippen LogP contribution in [0.3, 0.4) is 0 Å². The number of hydrogen-bond donors (Lipinski definition) is 2. The van der Waals surface area contributed by atoms with Crippen LogP contribution in [-0.4, -0.2) is 17.3 Å². The Morgan fingerprint density at radius 3 is 2.47 bits per heavy atom. The molecule has 19 heavy (non-hydrogen) atoms. The van der Waals surface area contributed by atoms with Crippen molar-refractivity contribution in [3.63, 3.8) is 0 Å². The molecule has 0 amide bonds. The van der Waals surface area contributed by atoms with E-state index in [1.807, 2.05) is 13.0 Å². The van der Waals surface area contributed by atoms with Gasteiger partial charge < -0.3 is 11.5 Å². The molecule has 0 bridgehead atoms. The van der Waals surface area contributed by atoms with Gasteiger partial charge in [0.05, 0.1) is 5.56 Å². The van der Waals surface area contributed by atoms with Crippen molar-refractivity contribution >= 4 is 11.6 Å². The third kappa shape index (κ3) is 2.63. The average molecular weight is 261 g/mol. The molecule has 1 aliphatic carbocycles. The van der Waals surface area contributed by atoms with E-state index in [0.29, 0.717) is 17.9 Å². The lowest BCUT2D eigenvalue weighted by Crippen LogP contribution is -2.39. The number of nitrogen functional groups attached to an aromatic ring is 1. The van der Waals surface area contributed by atoms with Crippen molar-refractivity contribution in [2.24, 2.45) is 11.1 Å². The molecule has 0 aromatic carbocycles. The second kappa shape index (κ2) is 5.70. The third-order valence-electron chi connectivity index (χ3n) is 4.35. The summed E-state index contributed by atoms with van der Waals surface area (Å²) < 4.78 is 0. The monoisotopic (exact) mass is 261 g/mol. The first-order chi connectivity index (χ1) is 9.10. The average Bonchev–Trinajstić information content (AvgIpc) is 2.64. The fourth-order valence-corrected chi connectivity index (χ4v) is 3.07. The van der Waals surface area contributed by atoms with Crippen molar-refractivity contribution < 1.29 is 4.79 Å². The van der Waals surface area contributed by atoms with E-state index in [1.165, 1.54) is 12.8 Å². The lowest BCUT2D eigenvalue weighted by atomic mass is 9.73. The predicted octanol–water partition coefficient (Wildman–Crippen LogP) is 2.45. The van der Waals surface area contributed by atoms with E-state index in [1.54, 1.807) is 6.20 Å². The van der Waals surface area contributed by atoms with E-state index < -0.39 is 5.41 Å². The Kier molecular flexibility index (Phi) is 4.20. The van der Waals surface area contributed by atoms with Crippen LogP contribution < -0.4 is 11.5 Å². The molecule has 0 saturated heterocycles. The summed E-state index contributed by atoms with van der Waals surface area (Å²) in [5.74, 6) is 0.432. The Bertz CT molecular complexity index is 442. The molecular weight excluding hydrogens is 238 g/mol. The zero-order valence-electron chi connectivity index (χ0n) is 11.6. The molecule has 1 aromatic heterocycles. The summed E-state index contributed by atoms with van der Waals surface area (Å²) in [6, 6.07) is 1.84. The van der Waals surface area contributed by atoms with E-state index in [4.69, 9.17) is 11.5 Å². The minimum absolute atomic E-state index is 0.0972. The second-order valence-electron chi connectivity index (χ2n) is 5.62. The zero-order valence-corrected chi connectivity index (χ0v) is 11.6. The van der Waals surface area contributed by atoms with Gasteiger partial charge in [-0.05, 0) is 31.4 Å². The molecule has 1 aliphatic rings. The van der Waals surface area contributed by atoms with Gasteiger partial charge in [0, 0.05) is 18.2 Å². The summed E-state index contributed by atoms with van der Waals surface area (Å²) in [4.78, 5) is 17.0. The van der Waals surface area contributed by atoms with Crippen molar-refractivity contribution in [1.82, 2.24) is 4.98 Å². The molecular formula is C15H23N3O. The van der Waals surface area contributed by atoms with E-state index in [9.17, 15) is 4.79 Å². The molecule has 4 heteroatoms. The van der Waals surface area contributed by atoms with E-state index in [0.717, 1.165) is 31.2 Å². The number of nitrogens with zero attached hydrogens (tertiary/aromatic N) is 1. The summed E-state index contributed by atoms with van der Waals surface area (Å²) in [7, 11) is 0. The number of pyridine rings is 1. The third-order valence-corrected chi connectivity index (χ3v) is 4.35. The van der Waals surface area contributed by atoms with Gasteiger partial charge in [-0.1, -0.05) is 25.7 Å². The quantitative estimate of drug-likeness (QED) is 0.647. The first-order valence-electron chi connectivity index (χ1n) is 7.07. The lowest BCUT2D eigenvalue weighted by molar-refractivity contribution is 0.0774. The van der Waals surface area contributed by atoms with Gasteiger partial charge in [0.1, 0.15) is 5.82 Å². The Labute approximate surface area is 114 Å². The molecule has 0 unspecified atom stereocenters.